The lowest BCUT2D eigenvalue weighted by atomic mass is 10.1. The van der Waals surface area contributed by atoms with Crippen LogP contribution in [0.2, 0.25) is 0 Å². The van der Waals surface area contributed by atoms with E-state index in [4.69, 9.17) is 4.42 Å². The van der Waals surface area contributed by atoms with Crippen molar-refractivity contribution in [1.82, 2.24) is 5.32 Å². The number of hydrogen-bond donors (Lipinski definition) is 1. The highest BCUT2D eigenvalue weighted by Crippen LogP contribution is 2.14. The molecule has 1 heterocycles. The Bertz CT molecular complexity index is 464. The van der Waals surface area contributed by atoms with Crippen molar-refractivity contribution in [2.75, 3.05) is 0 Å². The molecule has 0 aliphatic heterocycles. The van der Waals surface area contributed by atoms with Crippen LogP contribution in [-0.4, -0.2) is 6.04 Å². The number of nitrogens with one attached hydrogen (secondary N) is 1. The van der Waals surface area contributed by atoms with Gasteiger partial charge in [-0.1, -0.05) is 12.1 Å². The van der Waals surface area contributed by atoms with E-state index in [-0.39, 0.29) is 11.9 Å². The molecule has 2 atom stereocenters. The van der Waals surface area contributed by atoms with E-state index < -0.39 is 0 Å². The summed E-state index contributed by atoms with van der Waals surface area (Å²) in [5, 5.41) is 3.46. The van der Waals surface area contributed by atoms with E-state index in [0.29, 0.717) is 6.04 Å². The summed E-state index contributed by atoms with van der Waals surface area (Å²) < 4.78 is 18.1. The zero-order valence-corrected chi connectivity index (χ0v) is 10.7. The summed E-state index contributed by atoms with van der Waals surface area (Å²) in [5.74, 6) is 0.740. The Morgan fingerprint density at radius 1 is 1.17 bits per heavy atom. The normalized spacial score (nSPS) is 14.4. The van der Waals surface area contributed by atoms with E-state index in [1.165, 1.54) is 12.1 Å². The molecule has 0 saturated carbocycles. The molecule has 1 aromatic carbocycles. The summed E-state index contributed by atoms with van der Waals surface area (Å²) in [6.07, 6.45) is 2.55. The first kappa shape index (κ1) is 12.8. The fourth-order valence-corrected chi connectivity index (χ4v) is 2.08. The average molecular weight is 247 g/mol. The lowest BCUT2D eigenvalue weighted by Crippen LogP contribution is -2.30. The summed E-state index contributed by atoms with van der Waals surface area (Å²) in [7, 11) is 0. The molecule has 0 spiro atoms. The summed E-state index contributed by atoms with van der Waals surface area (Å²) in [6, 6.07) is 11.0. The van der Waals surface area contributed by atoms with E-state index in [1.54, 1.807) is 6.26 Å². The quantitative estimate of drug-likeness (QED) is 0.871. The Morgan fingerprint density at radius 3 is 2.50 bits per heavy atom. The maximum absolute atomic E-state index is 12.8. The molecular weight excluding hydrogens is 229 g/mol. The van der Waals surface area contributed by atoms with Crippen molar-refractivity contribution in [3.05, 3.63) is 59.8 Å². The number of benzene rings is 1. The lowest BCUT2D eigenvalue weighted by molar-refractivity contribution is 0.397. The van der Waals surface area contributed by atoms with Crippen LogP contribution in [0.15, 0.2) is 47.1 Å². The third kappa shape index (κ3) is 3.44. The molecule has 0 amide bonds. The van der Waals surface area contributed by atoms with E-state index in [1.807, 2.05) is 24.3 Å². The van der Waals surface area contributed by atoms with Gasteiger partial charge in [-0.2, -0.15) is 0 Å². The van der Waals surface area contributed by atoms with Crippen LogP contribution in [0.5, 0.6) is 0 Å². The Hall–Kier alpha value is -1.61. The summed E-state index contributed by atoms with van der Waals surface area (Å²) >= 11 is 0. The van der Waals surface area contributed by atoms with Gasteiger partial charge in [-0.05, 0) is 50.1 Å². The highest BCUT2D eigenvalue weighted by molar-refractivity contribution is 5.17. The van der Waals surface area contributed by atoms with Crippen LogP contribution in [0.1, 0.15) is 31.2 Å². The van der Waals surface area contributed by atoms with Gasteiger partial charge in [-0.3, -0.25) is 0 Å². The van der Waals surface area contributed by atoms with Crippen molar-refractivity contribution in [1.29, 1.82) is 0 Å². The second-order valence-electron chi connectivity index (χ2n) is 4.64. The standard InChI is InChI=1S/C15H18FNO/c1-11(10-13-5-7-14(16)8-6-13)17-12(2)15-4-3-9-18-15/h3-9,11-12,17H,10H2,1-2H3/t11?,12-/m1/s1. The molecule has 0 bridgehead atoms. The minimum atomic E-state index is -0.191. The van der Waals surface area contributed by atoms with Crippen LogP contribution in [0.4, 0.5) is 4.39 Å². The Labute approximate surface area is 107 Å². The highest BCUT2D eigenvalue weighted by atomic mass is 19.1. The fourth-order valence-electron chi connectivity index (χ4n) is 2.08. The maximum atomic E-state index is 12.8. The van der Waals surface area contributed by atoms with Crippen LogP contribution >= 0.6 is 0 Å². The molecular formula is C15H18FNO. The Morgan fingerprint density at radius 2 is 1.89 bits per heavy atom. The molecule has 1 unspecified atom stereocenters. The van der Waals surface area contributed by atoms with Gasteiger partial charge in [0.05, 0.1) is 12.3 Å². The SMILES string of the molecule is CC(Cc1ccc(F)cc1)N[C@H](C)c1ccco1. The average Bonchev–Trinajstić information content (AvgIpc) is 2.85. The van der Waals surface area contributed by atoms with Crippen LogP contribution < -0.4 is 5.32 Å². The lowest BCUT2D eigenvalue weighted by Gasteiger charge is -2.18. The predicted octanol–water partition coefficient (Wildman–Crippen LogP) is 3.70. The summed E-state index contributed by atoms with van der Waals surface area (Å²) in [4.78, 5) is 0. The minimum Gasteiger partial charge on any atom is -0.468 e. The monoisotopic (exact) mass is 247 g/mol. The highest BCUT2D eigenvalue weighted by Gasteiger charge is 2.11. The van der Waals surface area contributed by atoms with E-state index in [2.05, 4.69) is 19.2 Å². The molecule has 18 heavy (non-hydrogen) atoms. The molecule has 0 aliphatic rings. The second kappa shape index (κ2) is 5.83. The van der Waals surface area contributed by atoms with Gasteiger partial charge in [0.25, 0.3) is 0 Å². The Kier molecular flexibility index (Phi) is 4.15. The van der Waals surface area contributed by atoms with Gasteiger partial charge in [0, 0.05) is 6.04 Å². The molecule has 2 rings (SSSR count). The van der Waals surface area contributed by atoms with Crippen LogP contribution in [0, 0.1) is 5.82 Å². The second-order valence-corrected chi connectivity index (χ2v) is 4.64. The molecule has 2 aromatic rings. The summed E-state index contributed by atoms with van der Waals surface area (Å²) in [6.45, 7) is 4.18. The number of furan rings is 1. The summed E-state index contributed by atoms with van der Waals surface area (Å²) in [5.41, 5.74) is 1.13. The molecule has 0 saturated heterocycles. The molecule has 0 aliphatic carbocycles. The van der Waals surface area contributed by atoms with Crippen LogP contribution in [0.3, 0.4) is 0 Å². The number of halogens is 1. The van der Waals surface area contributed by atoms with E-state index in [9.17, 15) is 4.39 Å². The number of hydrogen-bond acceptors (Lipinski definition) is 2. The maximum Gasteiger partial charge on any atom is 0.123 e. The zero-order chi connectivity index (χ0) is 13.0. The van der Waals surface area contributed by atoms with E-state index >= 15 is 0 Å². The number of rotatable bonds is 5. The molecule has 1 N–H and O–H groups in total. The van der Waals surface area contributed by atoms with Crippen molar-refractivity contribution in [2.24, 2.45) is 0 Å². The van der Waals surface area contributed by atoms with Crippen LogP contribution in [-0.2, 0) is 6.42 Å². The molecule has 2 nitrogen and oxygen atoms in total. The first-order valence-electron chi connectivity index (χ1n) is 6.19. The first-order chi connectivity index (χ1) is 8.65. The van der Waals surface area contributed by atoms with Crippen LogP contribution in [0.25, 0.3) is 0 Å². The van der Waals surface area contributed by atoms with Gasteiger partial charge in [-0.25, -0.2) is 4.39 Å². The van der Waals surface area contributed by atoms with Crippen molar-refractivity contribution in [3.63, 3.8) is 0 Å². The Balaban J connectivity index is 1.88. The molecule has 3 heteroatoms. The van der Waals surface area contributed by atoms with Gasteiger partial charge < -0.3 is 9.73 Å². The largest absolute Gasteiger partial charge is 0.468 e. The van der Waals surface area contributed by atoms with E-state index in [0.717, 1.165) is 17.7 Å². The van der Waals surface area contributed by atoms with Gasteiger partial charge in [0.1, 0.15) is 11.6 Å². The molecule has 0 fully saturated rings. The smallest absolute Gasteiger partial charge is 0.123 e. The molecule has 0 radical (unpaired) electrons. The predicted molar refractivity (Wildman–Crippen MR) is 69.8 cm³/mol. The molecule has 96 valence electrons. The van der Waals surface area contributed by atoms with Gasteiger partial charge in [0.15, 0.2) is 0 Å². The van der Waals surface area contributed by atoms with Crippen molar-refractivity contribution in [2.45, 2.75) is 32.4 Å². The van der Waals surface area contributed by atoms with Crippen molar-refractivity contribution < 1.29 is 8.81 Å². The van der Waals surface area contributed by atoms with Crippen molar-refractivity contribution in [3.8, 4) is 0 Å². The minimum absolute atomic E-state index is 0.176. The third-order valence-corrected chi connectivity index (χ3v) is 2.96. The topological polar surface area (TPSA) is 25.2 Å². The third-order valence-electron chi connectivity index (χ3n) is 2.96. The van der Waals surface area contributed by atoms with Gasteiger partial charge >= 0.3 is 0 Å². The molecule has 1 aromatic heterocycles. The fraction of sp³-hybridized carbons (Fsp3) is 0.333. The van der Waals surface area contributed by atoms with Gasteiger partial charge in [-0.15, -0.1) is 0 Å². The van der Waals surface area contributed by atoms with Gasteiger partial charge in [0.2, 0.25) is 0 Å². The van der Waals surface area contributed by atoms with Crippen molar-refractivity contribution >= 4 is 0 Å². The zero-order valence-electron chi connectivity index (χ0n) is 10.7. The first-order valence-corrected chi connectivity index (χ1v) is 6.19.